The van der Waals surface area contributed by atoms with Crippen LogP contribution >= 0.6 is 11.8 Å². The van der Waals surface area contributed by atoms with Gasteiger partial charge < -0.3 is 0 Å². The standard InChI is InChI=1S/C8H14S.C6H14.C2H6/c1-5-8(6-2)9-7(3)4;1-3-5-6-4-2;1-2/h5H,3,6H2,1-2,4H3;3-6H2,1-2H3;1-2H3/b8-5-;;. The van der Waals surface area contributed by atoms with Gasteiger partial charge in [-0.2, -0.15) is 0 Å². The van der Waals surface area contributed by atoms with Crippen LogP contribution in [-0.4, -0.2) is 0 Å². The molecule has 0 nitrogen and oxygen atoms in total. The van der Waals surface area contributed by atoms with Gasteiger partial charge in [-0.3, -0.25) is 0 Å². The highest BCUT2D eigenvalue weighted by atomic mass is 32.2. The summed E-state index contributed by atoms with van der Waals surface area (Å²) in [5, 5.41) is 0. The maximum absolute atomic E-state index is 3.81. The van der Waals surface area contributed by atoms with Crippen molar-refractivity contribution in [2.24, 2.45) is 0 Å². The van der Waals surface area contributed by atoms with E-state index >= 15 is 0 Å². The van der Waals surface area contributed by atoms with E-state index in [0.29, 0.717) is 0 Å². The van der Waals surface area contributed by atoms with Crippen molar-refractivity contribution in [3.8, 4) is 0 Å². The molecule has 0 unspecified atom stereocenters. The Morgan fingerprint density at radius 3 is 1.59 bits per heavy atom. The molecule has 104 valence electrons. The lowest BCUT2D eigenvalue weighted by Gasteiger charge is -2.00. The Bertz CT molecular complexity index is 164. The molecule has 0 aliphatic carbocycles. The zero-order valence-corrected chi connectivity index (χ0v) is 14.0. The first-order valence-corrected chi connectivity index (χ1v) is 7.92. The quantitative estimate of drug-likeness (QED) is 0.455. The van der Waals surface area contributed by atoms with Crippen molar-refractivity contribution in [1.82, 2.24) is 0 Å². The maximum atomic E-state index is 3.81. The fourth-order valence-electron chi connectivity index (χ4n) is 1.06. The summed E-state index contributed by atoms with van der Waals surface area (Å²) in [6.07, 6.45) is 8.79. The van der Waals surface area contributed by atoms with Crippen LogP contribution in [-0.2, 0) is 0 Å². The molecule has 0 fully saturated rings. The van der Waals surface area contributed by atoms with Crippen LogP contribution in [0.1, 0.15) is 80.6 Å². The van der Waals surface area contributed by atoms with Crippen LogP contribution in [0.3, 0.4) is 0 Å². The lowest BCUT2D eigenvalue weighted by atomic mass is 10.2. The molecule has 1 heteroatoms. The van der Waals surface area contributed by atoms with E-state index < -0.39 is 0 Å². The van der Waals surface area contributed by atoms with Gasteiger partial charge in [-0.25, -0.2) is 0 Å². The minimum Gasteiger partial charge on any atom is -0.100 e. The van der Waals surface area contributed by atoms with Crippen LogP contribution in [0.15, 0.2) is 22.5 Å². The largest absolute Gasteiger partial charge is 0.100 e. The Labute approximate surface area is 115 Å². The molecule has 0 saturated carbocycles. The molecule has 17 heavy (non-hydrogen) atoms. The summed E-state index contributed by atoms with van der Waals surface area (Å²) in [6.45, 7) is 18.5. The Morgan fingerprint density at radius 2 is 1.47 bits per heavy atom. The number of rotatable bonds is 6. The van der Waals surface area contributed by atoms with E-state index in [-0.39, 0.29) is 0 Å². The van der Waals surface area contributed by atoms with Crippen LogP contribution in [0.4, 0.5) is 0 Å². The van der Waals surface area contributed by atoms with Gasteiger partial charge in [0.2, 0.25) is 0 Å². The van der Waals surface area contributed by atoms with Crippen LogP contribution < -0.4 is 0 Å². The Morgan fingerprint density at radius 1 is 1.06 bits per heavy atom. The molecule has 0 saturated heterocycles. The first kappa shape index (κ1) is 22.0. The molecule has 0 bridgehead atoms. The van der Waals surface area contributed by atoms with Gasteiger partial charge in [0.05, 0.1) is 0 Å². The average Bonchev–Trinajstić information content (AvgIpc) is 2.36. The van der Waals surface area contributed by atoms with Crippen molar-refractivity contribution in [1.29, 1.82) is 0 Å². The fraction of sp³-hybridized carbons (Fsp3) is 0.750. The lowest BCUT2D eigenvalue weighted by molar-refractivity contribution is 0.702. The normalized spacial score (nSPS) is 9.71. The van der Waals surface area contributed by atoms with Gasteiger partial charge in [0.15, 0.2) is 0 Å². The van der Waals surface area contributed by atoms with Gasteiger partial charge in [-0.15, -0.1) is 11.8 Å². The Balaban J connectivity index is -0.000000213. The molecule has 0 spiro atoms. The predicted molar refractivity (Wildman–Crippen MR) is 87.6 cm³/mol. The van der Waals surface area contributed by atoms with Crippen molar-refractivity contribution >= 4 is 11.8 Å². The number of thioether (sulfide) groups is 1. The van der Waals surface area contributed by atoms with Gasteiger partial charge in [0.1, 0.15) is 0 Å². The summed E-state index contributed by atoms with van der Waals surface area (Å²) < 4.78 is 0. The smallest absolute Gasteiger partial charge is 0.0151 e. The molecule has 0 heterocycles. The second-order valence-electron chi connectivity index (χ2n) is 3.62. The average molecular weight is 259 g/mol. The first-order valence-electron chi connectivity index (χ1n) is 7.10. The van der Waals surface area contributed by atoms with Gasteiger partial charge >= 0.3 is 0 Å². The number of unbranched alkanes of at least 4 members (excludes halogenated alkanes) is 3. The van der Waals surface area contributed by atoms with Gasteiger partial charge in [0, 0.05) is 0 Å². The van der Waals surface area contributed by atoms with Crippen LogP contribution in [0, 0.1) is 0 Å². The first-order chi connectivity index (χ1) is 8.12. The van der Waals surface area contributed by atoms with E-state index in [2.05, 4.69) is 40.3 Å². The molecule has 0 rings (SSSR count). The molecule has 0 aromatic rings. The van der Waals surface area contributed by atoms with E-state index in [4.69, 9.17) is 0 Å². The monoisotopic (exact) mass is 258 g/mol. The molecule has 0 aromatic carbocycles. The molecule has 0 amide bonds. The predicted octanol–water partition coefficient (Wildman–Crippen LogP) is 7.18. The van der Waals surface area contributed by atoms with Crippen molar-refractivity contribution in [3.05, 3.63) is 22.5 Å². The highest BCUT2D eigenvalue weighted by molar-refractivity contribution is 8.06. The van der Waals surface area contributed by atoms with Crippen molar-refractivity contribution in [3.63, 3.8) is 0 Å². The van der Waals surface area contributed by atoms with Crippen LogP contribution in [0.5, 0.6) is 0 Å². The second kappa shape index (κ2) is 21.1. The van der Waals surface area contributed by atoms with Crippen molar-refractivity contribution in [2.75, 3.05) is 0 Å². The van der Waals surface area contributed by atoms with Crippen LogP contribution in [0.25, 0.3) is 0 Å². The van der Waals surface area contributed by atoms with E-state index in [1.54, 1.807) is 11.8 Å². The summed E-state index contributed by atoms with van der Waals surface area (Å²) in [6, 6.07) is 0. The zero-order valence-electron chi connectivity index (χ0n) is 13.2. The Hall–Kier alpha value is -0.170. The third kappa shape index (κ3) is 25.8. The molecule has 0 N–H and O–H groups in total. The third-order valence-corrected chi connectivity index (χ3v) is 3.07. The van der Waals surface area contributed by atoms with Gasteiger partial charge in [-0.05, 0) is 30.1 Å². The zero-order chi connectivity index (χ0) is 14.1. The number of hydrogen-bond donors (Lipinski definition) is 0. The topological polar surface area (TPSA) is 0 Å². The molecule has 0 atom stereocenters. The number of allylic oxidation sites excluding steroid dienone is 3. The molecular formula is C16H34S. The molecular weight excluding hydrogens is 224 g/mol. The van der Waals surface area contributed by atoms with Gasteiger partial charge in [-0.1, -0.05) is 73.0 Å². The highest BCUT2D eigenvalue weighted by Crippen LogP contribution is 2.25. The van der Waals surface area contributed by atoms with E-state index in [1.807, 2.05) is 20.8 Å². The van der Waals surface area contributed by atoms with Crippen molar-refractivity contribution < 1.29 is 0 Å². The minimum absolute atomic E-state index is 1.12. The summed E-state index contributed by atoms with van der Waals surface area (Å²) >= 11 is 1.77. The van der Waals surface area contributed by atoms with E-state index in [0.717, 1.165) is 6.42 Å². The lowest BCUT2D eigenvalue weighted by Crippen LogP contribution is -1.70. The molecule has 0 aliphatic rings. The SMILES string of the molecule is C=C(C)S/C(=C\C)CC.CC.CCCCCC. The summed E-state index contributed by atoms with van der Waals surface area (Å²) in [5.41, 5.74) is 0. The van der Waals surface area contributed by atoms with E-state index in [1.165, 1.54) is 35.5 Å². The summed E-state index contributed by atoms with van der Waals surface area (Å²) in [5.74, 6) is 0. The number of hydrogen-bond acceptors (Lipinski definition) is 1. The molecule has 0 radical (unpaired) electrons. The highest BCUT2D eigenvalue weighted by Gasteiger charge is 1.91. The van der Waals surface area contributed by atoms with E-state index in [9.17, 15) is 0 Å². The summed E-state index contributed by atoms with van der Waals surface area (Å²) in [7, 11) is 0. The maximum Gasteiger partial charge on any atom is -0.0151 e. The van der Waals surface area contributed by atoms with Crippen molar-refractivity contribution in [2.45, 2.75) is 80.6 Å². The van der Waals surface area contributed by atoms with Crippen LogP contribution in [0.2, 0.25) is 0 Å². The fourth-order valence-corrected chi connectivity index (χ4v) is 1.77. The summed E-state index contributed by atoms with van der Waals surface area (Å²) in [4.78, 5) is 2.58. The Kier molecular flexibility index (Phi) is 27.4. The molecule has 0 aromatic heterocycles. The third-order valence-electron chi connectivity index (χ3n) is 1.93. The van der Waals surface area contributed by atoms with Gasteiger partial charge in [0.25, 0.3) is 0 Å². The minimum atomic E-state index is 1.12. The molecule has 0 aliphatic heterocycles. The second-order valence-corrected chi connectivity index (χ2v) is 5.05.